The van der Waals surface area contributed by atoms with Crippen molar-refractivity contribution in [1.82, 2.24) is 0 Å². The van der Waals surface area contributed by atoms with Crippen molar-refractivity contribution < 1.29 is 17.6 Å². The van der Waals surface area contributed by atoms with E-state index in [1.165, 1.54) is 18.2 Å². The van der Waals surface area contributed by atoms with Gasteiger partial charge in [0.15, 0.2) is 23.3 Å². The molecule has 0 fully saturated rings. The molecule has 0 aromatic heterocycles. The van der Waals surface area contributed by atoms with Gasteiger partial charge in [0, 0.05) is 16.2 Å². The molecule has 0 aliphatic heterocycles. The van der Waals surface area contributed by atoms with Crippen LogP contribution in [0.4, 0.5) is 17.6 Å². The van der Waals surface area contributed by atoms with E-state index in [1.54, 1.807) is 0 Å². The third-order valence-corrected chi connectivity index (χ3v) is 3.36. The van der Waals surface area contributed by atoms with E-state index in [-0.39, 0.29) is 11.3 Å². The van der Waals surface area contributed by atoms with Crippen molar-refractivity contribution in [2.75, 3.05) is 0 Å². The van der Waals surface area contributed by atoms with Crippen LogP contribution in [0.3, 0.4) is 0 Å². The lowest BCUT2D eigenvalue weighted by atomic mass is 10.2. The summed E-state index contributed by atoms with van der Waals surface area (Å²) in [5.74, 6) is -3.57. The summed E-state index contributed by atoms with van der Waals surface area (Å²) in [7, 11) is 0. The third kappa shape index (κ3) is 2.85. The van der Waals surface area contributed by atoms with Crippen LogP contribution in [0.25, 0.3) is 0 Å². The van der Waals surface area contributed by atoms with Gasteiger partial charge in [0.2, 0.25) is 0 Å². The number of hydrogen-bond donors (Lipinski definition) is 0. The lowest BCUT2D eigenvalue weighted by Gasteiger charge is -2.04. The lowest BCUT2D eigenvalue weighted by Crippen LogP contribution is -1.92. The summed E-state index contributed by atoms with van der Waals surface area (Å²) in [6.07, 6.45) is 0. The normalized spacial score (nSPS) is 10.7. The molecule has 2 aromatic carbocycles. The Balaban J connectivity index is 2.11. The van der Waals surface area contributed by atoms with Crippen molar-refractivity contribution in [2.45, 2.75) is 10.6 Å². The van der Waals surface area contributed by atoms with Crippen LogP contribution in [-0.4, -0.2) is 0 Å². The molecule has 0 saturated heterocycles. The van der Waals surface area contributed by atoms with Gasteiger partial charge in [-0.1, -0.05) is 12.1 Å². The van der Waals surface area contributed by atoms with Gasteiger partial charge >= 0.3 is 0 Å². The fourth-order valence-electron chi connectivity index (χ4n) is 1.39. The van der Waals surface area contributed by atoms with Gasteiger partial charge in [-0.05, 0) is 24.3 Å². The van der Waals surface area contributed by atoms with Gasteiger partial charge < -0.3 is 0 Å². The topological polar surface area (TPSA) is 0 Å². The molecule has 18 heavy (non-hydrogen) atoms. The average molecular weight is 272 g/mol. The number of rotatable bonds is 3. The average Bonchev–Trinajstić information content (AvgIpc) is 2.35. The Hall–Kier alpha value is -1.49. The molecule has 0 aliphatic rings. The Morgan fingerprint density at radius 3 is 2.33 bits per heavy atom. The second-order valence-electron chi connectivity index (χ2n) is 3.58. The van der Waals surface area contributed by atoms with E-state index < -0.39 is 23.3 Å². The predicted octanol–water partition coefficient (Wildman–Crippen LogP) is 4.54. The molecule has 0 amide bonds. The summed E-state index contributed by atoms with van der Waals surface area (Å²) in [5, 5.41) is 0. The largest absolute Gasteiger partial charge is 0.204 e. The van der Waals surface area contributed by atoms with Crippen molar-refractivity contribution in [2.24, 2.45) is 0 Å². The van der Waals surface area contributed by atoms with E-state index in [1.807, 2.05) is 0 Å². The Morgan fingerprint density at radius 2 is 1.61 bits per heavy atom. The van der Waals surface area contributed by atoms with Gasteiger partial charge in [-0.25, -0.2) is 17.6 Å². The second kappa shape index (κ2) is 5.44. The number of thioether (sulfide) groups is 1. The Morgan fingerprint density at radius 1 is 0.833 bits per heavy atom. The zero-order valence-corrected chi connectivity index (χ0v) is 9.91. The van der Waals surface area contributed by atoms with Gasteiger partial charge in [0.25, 0.3) is 0 Å². The number of benzene rings is 2. The number of hydrogen-bond acceptors (Lipinski definition) is 1. The van der Waals surface area contributed by atoms with Crippen LogP contribution >= 0.6 is 11.8 Å². The van der Waals surface area contributed by atoms with Gasteiger partial charge in [0.1, 0.15) is 0 Å². The maximum absolute atomic E-state index is 13.3. The first kappa shape index (κ1) is 13.0. The predicted molar refractivity (Wildman–Crippen MR) is 62.3 cm³/mol. The van der Waals surface area contributed by atoms with Crippen LogP contribution in [0.1, 0.15) is 5.56 Å². The molecular formula is C13H8F4S. The molecule has 5 heteroatoms. The minimum atomic E-state index is -0.959. The molecule has 0 saturated carbocycles. The van der Waals surface area contributed by atoms with Crippen LogP contribution < -0.4 is 0 Å². The molecule has 2 aromatic rings. The Labute approximate surface area is 106 Å². The molecule has 2 rings (SSSR count). The van der Waals surface area contributed by atoms with Crippen LogP contribution in [0.5, 0.6) is 0 Å². The van der Waals surface area contributed by atoms with Gasteiger partial charge in [-0.3, -0.25) is 0 Å². The Kier molecular flexibility index (Phi) is 3.91. The Bertz CT molecular complexity index is 569. The summed E-state index contributed by atoms with van der Waals surface area (Å²) >= 11 is 1.11. The quantitative estimate of drug-likeness (QED) is 0.584. The zero-order chi connectivity index (χ0) is 13.1. The molecule has 0 spiro atoms. The van der Waals surface area contributed by atoms with Crippen molar-refractivity contribution >= 4 is 11.8 Å². The molecule has 0 nitrogen and oxygen atoms in total. The summed E-state index contributed by atoms with van der Waals surface area (Å²) in [5.41, 5.74) is 0.185. The summed E-state index contributed by atoms with van der Waals surface area (Å²) in [6.45, 7) is 0. The highest BCUT2D eigenvalue weighted by Crippen LogP contribution is 2.26. The molecular weight excluding hydrogens is 264 g/mol. The summed E-state index contributed by atoms with van der Waals surface area (Å²) in [4.78, 5) is 0.456. The minimum Gasteiger partial charge on any atom is -0.204 e. The van der Waals surface area contributed by atoms with Crippen molar-refractivity contribution in [3.8, 4) is 0 Å². The highest BCUT2D eigenvalue weighted by atomic mass is 32.2. The molecule has 0 N–H and O–H groups in total. The van der Waals surface area contributed by atoms with Gasteiger partial charge in [-0.15, -0.1) is 11.8 Å². The molecule has 0 radical (unpaired) electrons. The standard InChI is InChI=1S/C13H8F4S/c14-10-5-4-9(6-12(10)16)18-7-8-2-1-3-11(15)13(8)17/h1-6H,7H2. The zero-order valence-electron chi connectivity index (χ0n) is 9.09. The number of halogens is 4. The third-order valence-electron chi connectivity index (χ3n) is 2.32. The SMILES string of the molecule is Fc1ccc(SCc2cccc(F)c2F)cc1F. The van der Waals surface area contributed by atoms with Gasteiger partial charge in [-0.2, -0.15) is 0 Å². The van der Waals surface area contributed by atoms with E-state index in [9.17, 15) is 17.6 Å². The highest BCUT2D eigenvalue weighted by Gasteiger charge is 2.09. The first-order valence-corrected chi connectivity index (χ1v) is 6.07. The van der Waals surface area contributed by atoms with Crippen molar-refractivity contribution in [1.29, 1.82) is 0 Å². The maximum atomic E-state index is 13.3. The van der Waals surface area contributed by atoms with E-state index in [2.05, 4.69) is 0 Å². The summed E-state index contributed by atoms with van der Waals surface area (Å²) < 4.78 is 51.9. The first-order chi connectivity index (χ1) is 8.58. The highest BCUT2D eigenvalue weighted by molar-refractivity contribution is 7.98. The van der Waals surface area contributed by atoms with E-state index in [0.717, 1.165) is 30.0 Å². The fraction of sp³-hybridized carbons (Fsp3) is 0.0769. The van der Waals surface area contributed by atoms with E-state index >= 15 is 0 Å². The summed E-state index contributed by atoms with van der Waals surface area (Å²) in [6, 6.07) is 7.29. The van der Waals surface area contributed by atoms with Crippen LogP contribution in [0.2, 0.25) is 0 Å². The molecule has 0 heterocycles. The van der Waals surface area contributed by atoms with E-state index in [0.29, 0.717) is 4.90 Å². The molecule has 0 unspecified atom stereocenters. The lowest BCUT2D eigenvalue weighted by molar-refractivity contribution is 0.502. The molecule has 0 atom stereocenters. The minimum absolute atomic E-state index is 0.147. The molecule has 0 bridgehead atoms. The second-order valence-corrected chi connectivity index (χ2v) is 4.63. The van der Waals surface area contributed by atoms with Crippen molar-refractivity contribution in [3.05, 3.63) is 65.2 Å². The van der Waals surface area contributed by atoms with E-state index in [4.69, 9.17) is 0 Å². The van der Waals surface area contributed by atoms with Crippen LogP contribution in [0, 0.1) is 23.3 Å². The maximum Gasteiger partial charge on any atom is 0.162 e. The van der Waals surface area contributed by atoms with Crippen molar-refractivity contribution in [3.63, 3.8) is 0 Å². The first-order valence-electron chi connectivity index (χ1n) is 5.08. The van der Waals surface area contributed by atoms with Crippen LogP contribution in [-0.2, 0) is 5.75 Å². The molecule has 0 aliphatic carbocycles. The monoisotopic (exact) mass is 272 g/mol. The molecule has 94 valence electrons. The van der Waals surface area contributed by atoms with Crippen LogP contribution in [0.15, 0.2) is 41.3 Å². The van der Waals surface area contributed by atoms with Gasteiger partial charge in [0.05, 0.1) is 0 Å². The fourth-order valence-corrected chi connectivity index (χ4v) is 2.28. The smallest absolute Gasteiger partial charge is 0.162 e.